The molecule has 31 heavy (non-hydrogen) atoms. The van der Waals surface area contributed by atoms with Crippen LogP contribution < -0.4 is 0 Å². The minimum atomic E-state index is -4.32. The Morgan fingerprint density at radius 1 is 0.968 bits per heavy atom. The van der Waals surface area contributed by atoms with Crippen LogP contribution in [0.15, 0.2) is 64.1 Å². The van der Waals surface area contributed by atoms with Crippen molar-refractivity contribution in [3.05, 3.63) is 60.4 Å². The first kappa shape index (κ1) is 22.1. The molecule has 162 valence electrons. The topological polar surface area (TPSA) is 52.8 Å². The van der Waals surface area contributed by atoms with Crippen molar-refractivity contribution < 1.29 is 17.9 Å². The molecule has 0 fully saturated rings. The van der Waals surface area contributed by atoms with Gasteiger partial charge in [-0.1, -0.05) is 53.9 Å². The highest BCUT2D eigenvalue weighted by molar-refractivity contribution is 8.00. The fourth-order valence-electron chi connectivity index (χ4n) is 2.74. The fraction of sp³-hybridized carbons (Fsp3) is 0.250. The largest absolute Gasteiger partial charge is 0.411 e. The summed E-state index contributed by atoms with van der Waals surface area (Å²) in [6.45, 7) is -1.27. The van der Waals surface area contributed by atoms with Crippen molar-refractivity contribution in [2.45, 2.75) is 21.4 Å². The summed E-state index contributed by atoms with van der Waals surface area (Å²) in [5.41, 5.74) is 1.86. The molecule has 11 heteroatoms. The van der Waals surface area contributed by atoms with Gasteiger partial charge in [-0.05, 0) is 24.3 Å². The first-order valence-electron chi connectivity index (χ1n) is 9.25. The molecule has 2 aromatic heterocycles. The van der Waals surface area contributed by atoms with Crippen LogP contribution in [0.4, 0.5) is 13.2 Å². The van der Waals surface area contributed by atoms with Gasteiger partial charge in [-0.15, -0.1) is 21.5 Å². The maximum atomic E-state index is 12.2. The maximum absolute atomic E-state index is 12.2. The third kappa shape index (κ3) is 6.00. The van der Waals surface area contributed by atoms with Gasteiger partial charge in [0, 0.05) is 11.4 Å². The fourth-order valence-corrected chi connectivity index (χ4v) is 5.55. The van der Waals surface area contributed by atoms with Gasteiger partial charge in [0.2, 0.25) is 0 Å². The molecule has 0 aliphatic heterocycles. The molecule has 0 atom stereocenters. The van der Waals surface area contributed by atoms with E-state index in [1.54, 1.807) is 23.1 Å². The predicted molar refractivity (Wildman–Crippen MR) is 118 cm³/mol. The molecule has 4 rings (SSSR count). The Morgan fingerprint density at radius 2 is 1.74 bits per heavy atom. The summed E-state index contributed by atoms with van der Waals surface area (Å²) in [6, 6.07) is 17.6. The van der Waals surface area contributed by atoms with Gasteiger partial charge in [0.25, 0.3) is 0 Å². The molecule has 0 saturated heterocycles. The van der Waals surface area contributed by atoms with E-state index in [1.165, 1.54) is 11.8 Å². The summed E-state index contributed by atoms with van der Waals surface area (Å²) < 4.78 is 45.4. The lowest BCUT2D eigenvalue weighted by Crippen LogP contribution is -2.18. The monoisotopic (exact) mass is 482 g/mol. The highest BCUT2D eigenvalue weighted by Gasteiger charge is 2.27. The van der Waals surface area contributed by atoms with E-state index in [-0.39, 0.29) is 6.61 Å². The third-order valence-corrected chi connectivity index (χ3v) is 7.11. The number of rotatable bonds is 9. The van der Waals surface area contributed by atoms with Gasteiger partial charge in [-0.25, -0.2) is 4.98 Å². The number of thiazole rings is 1. The summed E-state index contributed by atoms with van der Waals surface area (Å²) in [4.78, 5) is 4.64. The van der Waals surface area contributed by atoms with Gasteiger partial charge < -0.3 is 4.74 Å². The summed E-state index contributed by atoms with van der Waals surface area (Å²) in [6.07, 6.45) is -4.32. The van der Waals surface area contributed by atoms with Crippen molar-refractivity contribution in [1.82, 2.24) is 19.7 Å². The molecular weight excluding hydrogens is 465 g/mol. The SMILES string of the molecule is FC(F)(F)COCCSc1nnc(CSc2nc3ccccc3s2)n1-c1ccccc1. The summed E-state index contributed by atoms with van der Waals surface area (Å²) in [5, 5.41) is 9.20. The molecule has 0 radical (unpaired) electrons. The van der Waals surface area contributed by atoms with Crippen LogP contribution in [-0.2, 0) is 10.5 Å². The molecule has 0 aliphatic carbocycles. The number of nitrogens with zero attached hydrogens (tertiary/aromatic N) is 4. The Kier molecular flexibility index (Phi) is 7.16. The Hall–Kier alpha value is -2.08. The highest BCUT2D eigenvalue weighted by atomic mass is 32.2. The van der Waals surface area contributed by atoms with E-state index in [2.05, 4.69) is 15.2 Å². The summed E-state index contributed by atoms with van der Waals surface area (Å²) in [7, 11) is 0. The van der Waals surface area contributed by atoms with Crippen molar-refractivity contribution in [3.63, 3.8) is 0 Å². The van der Waals surface area contributed by atoms with Crippen molar-refractivity contribution in [1.29, 1.82) is 0 Å². The summed E-state index contributed by atoms with van der Waals surface area (Å²) >= 11 is 4.52. The zero-order valence-electron chi connectivity index (χ0n) is 16.1. The minimum Gasteiger partial charge on any atom is -0.371 e. The van der Waals surface area contributed by atoms with E-state index in [4.69, 9.17) is 4.74 Å². The van der Waals surface area contributed by atoms with Gasteiger partial charge in [0.15, 0.2) is 9.50 Å². The van der Waals surface area contributed by atoms with Crippen molar-refractivity contribution >= 4 is 45.1 Å². The Labute approximate surface area is 189 Å². The molecule has 4 aromatic rings. The van der Waals surface area contributed by atoms with Crippen LogP contribution in [0.5, 0.6) is 0 Å². The van der Waals surface area contributed by atoms with Gasteiger partial charge >= 0.3 is 6.18 Å². The number of fused-ring (bicyclic) bond motifs is 1. The Morgan fingerprint density at radius 3 is 2.52 bits per heavy atom. The number of ether oxygens (including phenoxy) is 1. The second-order valence-electron chi connectivity index (χ2n) is 6.32. The van der Waals surface area contributed by atoms with Crippen LogP contribution in [-0.4, -0.2) is 44.9 Å². The number of para-hydroxylation sites is 2. The molecule has 5 nitrogen and oxygen atoms in total. The van der Waals surface area contributed by atoms with Crippen LogP contribution in [0.2, 0.25) is 0 Å². The lowest BCUT2D eigenvalue weighted by Gasteiger charge is -2.10. The van der Waals surface area contributed by atoms with Gasteiger partial charge in [-0.3, -0.25) is 4.57 Å². The van der Waals surface area contributed by atoms with E-state index >= 15 is 0 Å². The van der Waals surface area contributed by atoms with E-state index in [0.29, 0.717) is 16.7 Å². The maximum Gasteiger partial charge on any atom is 0.411 e. The van der Waals surface area contributed by atoms with E-state index in [0.717, 1.165) is 26.1 Å². The second kappa shape index (κ2) is 10.0. The van der Waals surface area contributed by atoms with Crippen LogP contribution >= 0.6 is 34.9 Å². The normalized spacial score (nSPS) is 12.0. The quantitative estimate of drug-likeness (QED) is 0.221. The molecule has 2 aromatic carbocycles. The standard InChI is InChI=1S/C20H17F3N4OS3/c21-20(22,23)13-28-10-11-29-18-26-25-17(27(18)14-6-2-1-3-7-14)12-30-19-24-15-8-4-5-9-16(15)31-19/h1-9H,10-13H2. The van der Waals surface area contributed by atoms with Gasteiger partial charge in [-0.2, -0.15) is 13.2 Å². The van der Waals surface area contributed by atoms with Crippen molar-refractivity contribution in [3.8, 4) is 5.69 Å². The van der Waals surface area contributed by atoms with Crippen molar-refractivity contribution in [2.75, 3.05) is 19.0 Å². The molecule has 2 heterocycles. The molecular formula is C20H17F3N4OS3. The smallest absolute Gasteiger partial charge is 0.371 e. The zero-order valence-corrected chi connectivity index (χ0v) is 18.5. The number of hydrogen-bond acceptors (Lipinski definition) is 7. The average Bonchev–Trinajstić information content (AvgIpc) is 3.35. The van der Waals surface area contributed by atoms with Gasteiger partial charge in [0.05, 0.1) is 22.6 Å². The molecule has 0 saturated carbocycles. The number of thioether (sulfide) groups is 2. The lowest BCUT2D eigenvalue weighted by molar-refractivity contribution is -0.172. The molecule has 0 amide bonds. The molecule has 0 unspecified atom stereocenters. The molecule has 0 N–H and O–H groups in total. The number of alkyl halides is 3. The Balaban J connectivity index is 1.46. The summed E-state index contributed by atoms with van der Waals surface area (Å²) in [5.74, 6) is 1.65. The number of hydrogen-bond donors (Lipinski definition) is 0. The number of benzene rings is 2. The van der Waals surface area contributed by atoms with Gasteiger partial charge in [0.1, 0.15) is 12.4 Å². The molecule has 0 aliphatic rings. The average molecular weight is 483 g/mol. The molecule has 0 bridgehead atoms. The first-order chi connectivity index (χ1) is 15.0. The predicted octanol–water partition coefficient (Wildman–Crippen LogP) is 5.84. The van der Waals surface area contributed by atoms with Crippen LogP contribution in [0.1, 0.15) is 5.82 Å². The minimum absolute atomic E-state index is 0.0262. The van der Waals surface area contributed by atoms with E-state index in [1.807, 2.05) is 59.2 Å². The first-order valence-corrected chi connectivity index (χ1v) is 12.0. The molecule has 0 spiro atoms. The second-order valence-corrected chi connectivity index (χ2v) is 9.64. The van der Waals surface area contributed by atoms with Crippen LogP contribution in [0, 0.1) is 0 Å². The van der Waals surface area contributed by atoms with E-state index in [9.17, 15) is 13.2 Å². The number of aromatic nitrogens is 4. The Bertz CT molecular complexity index is 1100. The third-order valence-electron chi connectivity index (χ3n) is 4.04. The van der Waals surface area contributed by atoms with Crippen LogP contribution in [0.3, 0.4) is 0 Å². The highest BCUT2D eigenvalue weighted by Crippen LogP contribution is 2.32. The van der Waals surface area contributed by atoms with Crippen LogP contribution in [0.25, 0.3) is 15.9 Å². The lowest BCUT2D eigenvalue weighted by atomic mass is 10.3. The zero-order chi connectivity index (χ0) is 21.7. The van der Waals surface area contributed by atoms with E-state index < -0.39 is 12.8 Å². The van der Waals surface area contributed by atoms with Crippen molar-refractivity contribution in [2.24, 2.45) is 0 Å². The number of halogens is 3.